The van der Waals surface area contributed by atoms with Crippen molar-refractivity contribution in [3.63, 3.8) is 0 Å². The van der Waals surface area contributed by atoms with Gasteiger partial charge in [0.25, 0.3) is 0 Å². The van der Waals surface area contributed by atoms with Gasteiger partial charge in [-0.2, -0.15) is 0 Å². The van der Waals surface area contributed by atoms with Gasteiger partial charge in [-0.25, -0.2) is 0 Å². The van der Waals surface area contributed by atoms with E-state index in [2.05, 4.69) is 36.4 Å². The molecule has 0 radical (unpaired) electrons. The molecule has 0 amide bonds. The zero-order chi connectivity index (χ0) is 10.3. The SMILES string of the molecule is Nc1ccc2c3c(sc2c1)C=CC=CC3. The summed E-state index contributed by atoms with van der Waals surface area (Å²) in [6.07, 6.45) is 9.61. The number of hydrogen-bond acceptors (Lipinski definition) is 2. The molecule has 0 fully saturated rings. The van der Waals surface area contributed by atoms with Crippen LogP contribution in [0.15, 0.2) is 36.4 Å². The number of rotatable bonds is 0. The average molecular weight is 213 g/mol. The standard InChI is InChI=1S/C13H11NS/c14-9-6-7-11-10-4-2-1-3-5-12(10)15-13(11)8-9/h1-3,5-8H,4,14H2. The molecule has 0 bridgehead atoms. The quantitative estimate of drug-likeness (QED) is 0.665. The van der Waals surface area contributed by atoms with Gasteiger partial charge in [-0.1, -0.05) is 24.3 Å². The molecule has 15 heavy (non-hydrogen) atoms. The van der Waals surface area contributed by atoms with E-state index in [4.69, 9.17) is 5.73 Å². The van der Waals surface area contributed by atoms with Crippen LogP contribution in [0.5, 0.6) is 0 Å². The molecule has 1 heterocycles. The first-order valence-corrected chi connectivity index (χ1v) is 5.80. The molecule has 0 aliphatic heterocycles. The van der Waals surface area contributed by atoms with E-state index in [1.54, 1.807) is 0 Å². The van der Waals surface area contributed by atoms with E-state index >= 15 is 0 Å². The second-order valence-corrected chi connectivity index (χ2v) is 4.78. The Labute approximate surface area is 92.5 Å². The maximum atomic E-state index is 5.79. The zero-order valence-electron chi connectivity index (χ0n) is 8.23. The highest BCUT2D eigenvalue weighted by atomic mass is 32.1. The smallest absolute Gasteiger partial charge is 0.0372 e. The van der Waals surface area contributed by atoms with E-state index in [9.17, 15) is 0 Å². The topological polar surface area (TPSA) is 26.0 Å². The van der Waals surface area contributed by atoms with Gasteiger partial charge in [0, 0.05) is 15.3 Å². The van der Waals surface area contributed by atoms with Crippen LogP contribution >= 0.6 is 11.3 Å². The van der Waals surface area contributed by atoms with Crippen molar-refractivity contribution in [3.8, 4) is 0 Å². The van der Waals surface area contributed by atoms with Crippen LogP contribution in [0.25, 0.3) is 16.2 Å². The van der Waals surface area contributed by atoms with Gasteiger partial charge in [0.05, 0.1) is 0 Å². The Balaban J connectivity index is 2.34. The second-order valence-electron chi connectivity index (χ2n) is 3.69. The lowest BCUT2D eigenvalue weighted by molar-refractivity contribution is 1.32. The van der Waals surface area contributed by atoms with Gasteiger partial charge in [-0.15, -0.1) is 11.3 Å². The van der Waals surface area contributed by atoms with Gasteiger partial charge in [0.15, 0.2) is 0 Å². The molecule has 74 valence electrons. The van der Waals surface area contributed by atoms with Crippen molar-refractivity contribution in [1.29, 1.82) is 0 Å². The molecule has 0 spiro atoms. The van der Waals surface area contributed by atoms with Crippen LogP contribution in [-0.4, -0.2) is 0 Å². The maximum Gasteiger partial charge on any atom is 0.0372 e. The average Bonchev–Trinajstić information content (AvgIpc) is 2.42. The number of anilines is 1. The van der Waals surface area contributed by atoms with Crippen LogP contribution in [0, 0.1) is 0 Å². The molecule has 1 aliphatic carbocycles. The fraction of sp³-hybridized carbons (Fsp3) is 0.0769. The summed E-state index contributed by atoms with van der Waals surface area (Å²) in [5, 5.41) is 1.35. The summed E-state index contributed by atoms with van der Waals surface area (Å²) in [5.74, 6) is 0. The van der Waals surface area contributed by atoms with Crippen LogP contribution in [0.1, 0.15) is 10.4 Å². The fourth-order valence-corrected chi connectivity index (χ4v) is 3.13. The summed E-state index contributed by atoms with van der Waals surface area (Å²) in [6.45, 7) is 0. The van der Waals surface area contributed by atoms with Crippen molar-refractivity contribution in [1.82, 2.24) is 0 Å². The Hall–Kier alpha value is -1.54. The van der Waals surface area contributed by atoms with Crippen molar-refractivity contribution in [2.45, 2.75) is 6.42 Å². The minimum atomic E-state index is 0.846. The Morgan fingerprint density at radius 2 is 2.13 bits per heavy atom. The van der Waals surface area contributed by atoms with Crippen LogP contribution in [0.2, 0.25) is 0 Å². The van der Waals surface area contributed by atoms with E-state index < -0.39 is 0 Å². The largest absolute Gasteiger partial charge is 0.399 e. The predicted octanol–water partition coefficient (Wildman–Crippen LogP) is 3.61. The van der Waals surface area contributed by atoms with E-state index in [-0.39, 0.29) is 0 Å². The highest BCUT2D eigenvalue weighted by Crippen LogP contribution is 2.34. The lowest BCUT2D eigenvalue weighted by Crippen LogP contribution is -1.83. The van der Waals surface area contributed by atoms with E-state index in [1.165, 1.54) is 20.5 Å². The van der Waals surface area contributed by atoms with Crippen LogP contribution < -0.4 is 5.73 Å². The minimum Gasteiger partial charge on any atom is -0.399 e. The van der Waals surface area contributed by atoms with Gasteiger partial charge in [-0.3, -0.25) is 0 Å². The summed E-state index contributed by atoms with van der Waals surface area (Å²) in [6, 6.07) is 6.17. The summed E-state index contributed by atoms with van der Waals surface area (Å²) < 4.78 is 1.29. The number of nitrogens with two attached hydrogens (primary N) is 1. The minimum absolute atomic E-state index is 0.846. The molecule has 1 aromatic heterocycles. The number of hydrogen-bond donors (Lipinski definition) is 1. The van der Waals surface area contributed by atoms with Crippen LogP contribution in [0.3, 0.4) is 0 Å². The molecule has 0 atom stereocenters. The summed E-state index contributed by atoms with van der Waals surface area (Å²) >= 11 is 1.82. The van der Waals surface area contributed by atoms with Crippen LogP contribution in [0.4, 0.5) is 5.69 Å². The number of nitrogen functional groups attached to an aromatic ring is 1. The summed E-state index contributed by atoms with van der Waals surface area (Å²) in [5.41, 5.74) is 8.06. The normalized spacial score (nSPS) is 14.1. The highest BCUT2D eigenvalue weighted by molar-refractivity contribution is 7.20. The molecule has 3 rings (SSSR count). The number of allylic oxidation sites excluding steroid dienone is 3. The molecule has 2 aromatic rings. The number of thiophene rings is 1. The molecule has 2 N–H and O–H groups in total. The van der Waals surface area contributed by atoms with Gasteiger partial charge in [0.2, 0.25) is 0 Å². The first-order chi connectivity index (χ1) is 7.34. The molecule has 1 aliphatic rings. The monoisotopic (exact) mass is 213 g/mol. The van der Waals surface area contributed by atoms with Crippen molar-refractivity contribution >= 4 is 33.2 Å². The van der Waals surface area contributed by atoms with Gasteiger partial charge < -0.3 is 5.73 Å². The molecule has 0 unspecified atom stereocenters. The molecule has 0 saturated carbocycles. The second kappa shape index (κ2) is 3.24. The molecule has 1 nitrogen and oxygen atoms in total. The Kier molecular flexibility index (Phi) is 1.89. The molecule has 0 saturated heterocycles. The maximum absolute atomic E-state index is 5.79. The third kappa shape index (κ3) is 1.38. The van der Waals surface area contributed by atoms with Crippen molar-refractivity contribution in [2.24, 2.45) is 0 Å². The Bertz CT molecular complexity index is 575. The Morgan fingerprint density at radius 3 is 3.07 bits per heavy atom. The third-order valence-corrected chi connectivity index (χ3v) is 3.82. The summed E-state index contributed by atoms with van der Waals surface area (Å²) in [7, 11) is 0. The predicted molar refractivity (Wildman–Crippen MR) is 68.1 cm³/mol. The molecule has 2 heteroatoms. The molecular weight excluding hydrogens is 202 g/mol. The lowest BCUT2D eigenvalue weighted by atomic mass is 10.1. The van der Waals surface area contributed by atoms with Crippen LogP contribution in [-0.2, 0) is 6.42 Å². The number of fused-ring (bicyclic) bond motifs is 3. The lowest BCUT2D eigenvalue weighted by Gasteiger charge is -1.96. The van der Waals surface area contributed by atoms with Crippen molar-refractivity contribution in [2.75, 3.05) is 5.73 Å². The van der Waals surface area contributed by atoms with Crippen molar-refractivity contribution in [3.05, 3.63) is 46.9 Å². The third-order valence-electron chi connectivity index (χ3n) is 2.66. The first kappa shape index (κ1) is 8.74. The van der Waals surface area contributed by atoms with Gasteiger partial charge in [0.1, 0.15) is 0 Å². The highest BCUT2D eigenvalue weighted by Gasteiger charge is 2.09. The molecule has 1 aromatic carbocycles. The van der Waals surface area contributed by atoms with E-state index in [0.717, 1.165) is 12.1 Å². The van der Waals surface area contributed by atoms with E-state index in [0.29, 0.717) is 0 Å². The first-order valence-electron chi connectivity index (χ1n) is 4.99. The van der Waals surface area contributed by atoms with Crippen molar-refractivity contribution < 1.29 is 0 Å². The molecular formula is C13H11NS. The summed E-state index contributed by atoms with van der Waals surface area (Å²) in [4.78, 5) is 1.36. The fourth-order valence-electron chi connectivity index (χ4n) is 1.94. The van der Waals surface area contributed by atoms with Gasteiger partial charge >= 0.3 is 0 Å². The Morgan fingerprint density at radius 1 is 1.20 bits per heavy atom. The van der Waals surface area contributed by atoms with E-state index in [1.807, 2.05) is 17.4 Å². The zero-order valence-corrected chi connectivity index (χ0v) is 9.05. The number of benzene rings is 1. The van der Waals surface area contributed by atoms with Gasteiger partial charge in [-0.05, 0) is 35.6 Å².